The van der Waals surface area contributed by atoms with Gasteiger partial charge in [-0.15, -0.1) is 0 Å². The molecule has 22 heavy (non-hydrogen) atoms. The van der Waals surface area contributed by atoms with Gasteiger partial charge in [0.05, 0.1) is 10.5 Å². The van der Waals surface area contributed by atoms with Gasteiger partial charge in [-0.05, 0) is 24.1 Å². The summed E-state index contributed by atoms with van der Waals surface area (Å²) in [5.74, 6) is -0.236. The lowest BCUT2D eigenvalue weighted by atomic mass is 10.0. The van der Waals surface area contributed by atoms with Crippen molar-refractivity contribution in [3.8, 4) is 0 Å². The number of benzene rings is 2. The smallest absolute Gasteiger partial charge is 0.269 e. The molecule has 112 valence electrons. The zero-order chi connectivity index (χ0) is 15.7. The first-order chi connectivity index (χ1) is 10.5. The number of nitrogens with zero attached hydrogens (tertiary/aromatic N) is 1. The lowest BCUT2D eigenvalue weighted by Gasteiger charge is -2.19. The fourth-order valence-electron chi connectivity index (χ4n) is 2.60. The molecule has 1 fully saturated rings. The lowest BCUT2D eigenvalue weighted by Crippen LogP contribution is -2.39. The highest BCUT2D eigenvalue weighted by atomic mass is 16.6. The molecule has 6 nitrogen and oxygen atoms in total. The van der Waals surface area contributed by atoms with Gasteiger partial charge in [0.1, 0.15) is 0 Å². The molecule has 2 aromatic rings. The van der Waals surface area contributed by atoms with Crippen molar-refractivity contribution in [2.75, 3.05) is 0 Å². The highest BCUT2D eigenvalue weighted by Gasteiger charge is 2.55. The predicted molar refractivity (Wildman–Crippen MR) is 81.3 cm³/mol. The number of amides is 1. The molecule has 1 amide bonds. The molecule has 0 spiro atoms. The van der Waals surface area contributed by atoms with Crippen LogP contribution in [0.1, 0.15) is 22.3 Å². The van der Waals surface area contributed by atoms with Gasteiger partial charge in [0.25, 0.3) is 11.6 Å². The molecule has 2 unspecified atom stereocenters. The number of non-ortho nitro benzene ring substituents is 1. The van der Waals surface area contributed by atoms with E-state index in [0.29, 0.717) is 17.5 Å². The topological polar surface area (TPSA) is 98.3 Å². The quantitative estimate of drug-likeness (QED) is 0.665. The summed E-state index contributed by atoms with van der Waals surface area (Å²) in [5, 5.41) is 13.8. The second-order valence-electron chi connectivity index (χ2n) is 5.41. The van der Waals surface area contributed by atoms with E-state index < -0.39 is 10.5 Å². The standard InChI is InChI=1S/C16H15N3O3/c17-14-10-16(14,12-7-4-8-13(9-12)19(21)22)18-15(20)11-5-2-1-3-6-11/h1-9,14H,10,17H2,(H,18,20). The number of rotatable bonds is 4. The van der Waals surface area contributed by atoms with E-state index in [1.807, 2.05) is 6.07 Å². The second-order valence-corrected chi connectivity index (χ2v) is 5.41. The largest absolute Gasteiger partial charge is 0.341 e. The van der Waals surface area contributed by atoms with Crippen molar-refractivity contribution in [3.05, 3.63) is 75.8 Å². The Morgan fingerprint density at radius 1 is 1.23 bits per heavy atom. The van der Waals surface area contributed by atoms with Crippen LogP contribution in [0.5, 0.6) is 0 Å². The molecule has 1 aliphatic rings. The predicted octanol–water partition coefficient (Wildman–Crippen LogP) is 1.95. The molecule has 2 aromatic carbocycles. The first kappa shape index (κ1) is 14.2. The maximum atomic E-state index is 12.3. The third-order valence-corrected chi connectivity index (χ3v) is 3.96. The molecule has 0 bridgehead atoms. The minimum Gasteiger partial charge on any atom is -0.341 e. The van der Waals surface area contributed by atoms with Gasteiger partial charge in [0.15, 0.2) is 0 Å². The van der Waals surface area contributed by atoms with Gasteiger partial charge in [0, 0.05) is 23.7 Å². The molecule has 0 aromatic heterocycles. The van der Waals surface area contributed by atoms with Crippen molar-refractivity contribution >= 4 is 11.6 Å². The van der Waals surface area contributed by atoms with Gasteiger partial charge in [-0.3, -0.25) is 14.9 Å². The Bertz CT molecular complexity index is 732. The molecule has 0 radical (unpaired) electrons. The average Bonchev–Trinajstić information content (AvgIpc) is 3.19. The summed E-state index contributed by atoms with van der Waals surface area (Å²) in [6, 6.07) is 14.8. The summed E-state index contributed by atoms with van der Waals surface area (Å²) >= 11 is 0. The van der Waals surface area contributed by atoms with Crippen LogP contribution < -0.4 is 11.1 Å². The van der Waals surface area contributed by atoms with Crippen molar-refractivity contribution in [1.82, 2.24) is 5.32 Å². The number of nitro groups is 1. The van der Waals surface area contributed by atoms with E-state index in [1.165, 1.54) is 12.1 Å². The Labute approximate surface area is 127 Å². The molecular formula is C16H15N3O3. The monoisotopic (exact) mass is 297 g/mol. The number of nitrogens with two attached hydrogens (primary N) is 1. The SMILES string of the molecule is NC1CC1(NC(=O)c1ccccc1)c1cccc([N+](=O)[O-])c1. The summed E-state index contributed by atoms with van der Waals surface area (Å²) in [7, 11) is 0. The second kappa shape index (κ2) is 5.23. The zero-order valence-electron chi connectivity index (χ0n) is 11.7. The van der Waals surface area contributed by atoms with Crippen LogP contribution in [-0.2, 0) is 5.54 Å². The maximum absolute atomic E-state index is 12.3. The van der Waals surface area contributed by atoms with E-state index in [1.54, 1.807) is 36.4 Å². The van der Waals surface area contributed by atoms with Crippen molar-refractivity contribution in [3.63, 3.8) is 0 Å². The van der Waals surface area contributed by atoms with Crippen molar-refractivity contribution in [1.29, 1.82) is 0 Å². The number of nitrogens with one attached hydrogen (secondary N) is 1. The van der Waals surface area contributed by atoms with Gasteiger partial charge < -0.3 is 11.1 Å². The van der Waals surface area contributed by atoms with Gasteiger partial charge >= 0.3 is 0 Å². The summed E-state index contributed by atoms with van der Waals surface area (Å²) in [5.41, 5.74) is 6.47. The average molecular weight is 297 g/mol. The molecular weight excluding hydrogens is 282 g/mol. The van der Waals surface area contributed by atoms with Crippen LogP contribution in [0.15, 0.2) is 54.6 Å². The Balaban J connectivity index is 1.89. The first-order valence-corrected chi connectivity index (χ1v) is 6.91. The van der Waals surface area contributed by atoms with Crippen LogP contribution in [0.25, 0.3) is 0 Å². The summed E-state index contributed by atoms with van der Waals surface area (Å²) < 4.78 is 0. The van der Waals surface area contributed by atoms with Crippen molar-refractivity contribution < 1.29 is 9.72 Å². The Hall–Kier alpha value is -2.73. The number of nitro benzene ring substituents is 1. The van der Waals surface area contributed by atoms with Crippen molar-refractivity contribution in [2.45, 2.75) is 18.0 Å². The van der Waals surface area contributed by atoms with Crippen LogP contribution in [0.3, 0.4) is 0 Å². The van der Waals surface area contributed by atoms with E-state index in [-0.39, 0.29) is 17.6 Å². The fourth-order valence-corrected chi connectivity index (χ4v) is 2.60. The first-order valence-electron chi connectivity index (χ1n) is 6.91. The summed E-state index contributed by atoms with van der Waals surface area (Å²) in [6.45, 7) is 0. The van der Waals surface area contributed by atoms with Crippen LogP contribution >= 0.6 is 0 Å². The molecule has 3 rings (SSSR count). The third-order valence-electron chi connectivity index (χ3n) is 3.96. The molecule has 6 heteroatoms. The third kappa shape index (κ3) is 2.44. The summed E-state index contributed by atoms with van der Waals surface area (Å²) in [6.07, 6.45) is 0.562. The van der Waals surface area contributed by atoms with E-state index in [0.717, 1.165) is 0 Å². The van der Waals surface area contributed by atoms with E-state index in [9.17, 15) is 14.9 Å². The van der Waals surface area contributed by atoms with Crippen molar-refractivity contribution in [2.24, 2.45) is 5.73 Å². The molecule has 3 N–H and O–H groups in total. The highest BCUT2D eigenvalue weighted by Crippen LogP contribution is 2.45. The number of carbonyl (C=O) groups is 1. The van der Waals surface area contributed by atoms with E-state index in [4.69, 9.17) is 5.73 Å². The zero-order valence-corrected chi connectivity index (χ0v) is 11.7. The van der Waals surface area contributed by atoms with Crippen LogP contribution in [0.2, 0.25) is 0 Å². The minimum atomic E-state index is -0.723. The normalized spacial score (nSPS) is 22.9. The molecule has 0 heterocycles. The lowest BCUT2D eigenvalue weighted by molar-refractivity contribution is -0.384. The number of hydrogen-bond donors (Lipinski definition) is 2. The Kier molecular flexibility index (Phi) is 3.38. The van der Waals surface area contributed by atoms with Crippen LogP contribution in [0, 0.1) is 10.1 Å². The number of hydrogen-bond acceptors (Lipinski definition) is 4. The van der Waals surface area contributed by atoms with E-state index in [2.05, 4.69) is 5.32 Å². The van der Waals surface area contributed by atoms with Gasteiger partial charge in [-0.1, -0.05) is 30.3 Å². The van der Waals surface area contributed by atoms with Gasteiger partial charge in [-0.25, -0.2) is 0 Å². The van der Waals surface area contributed by atoms with Gasteiger partial charge in [0.2, 0.25) is 0 Å². The highest BCUT2D eigenvalue weighted by molar-refractivity contribution is 5.95. The summed E-state index contributed by atoms with van der Waals surface area (Å²) in [4.78, 5) is 22.8. The molecule has 2 atom stereocenters. The fraction of sp³-hybridized carbons (Fsp3) is 0.188. The van der Waals surface area contributed by atoms with Crippen LogP contribution in [-0.4, -0.2) is 16.9 Å². The molecule has 1 saturated carbocycles. The minimum absolute atomic E-state index is 0.00932. The molecule has 1 aliphatic carbocycles. The van der Waals surface area contributed by atoms with Crippen LogP contribution in [0.4, 0.5) is 5.69 Å². The maximum Gasteiger partial charge on any atom is 0.269 e. The molecule has 0 aliphatic heterocycles. The molecule has 0 saturated heterocycles. The Morgan fingerprint density at radius 2 is 1.91 bits per heavy atom. The number of carbonyl (C=O) groups excluding carboxylic acids is 1. The Morgan fingerprint density at radius 3 is 2.50 bits per heavy atom. The van der Waals surface area contributed by atoms with E-state index >= 15 is 0 Å². The van der Waals surface area contributed by atoms with Gasteiger partial charge in [-0.2, -0.15) is 0 Å².